The second-order valence-corrected chi connectivity index (χ2v) is 12.3. The molecule has 4 fully saturated rings. The van der Waals surface area contributed by atoms with Crippen molar-refractivity contribution in [3.8, 4) is 0 Å². The van der Waals surface area contributed by atoms with Crippen LogP contribution in [0.1, 0.15) is 90.0 Å². The second-order valence-electron chi connectivity index (χ2n) is 12.3. The van der Waals surface area contributed by atoms with E-state index in [1.54, 1.807) is 6.26 Å². The van der Waals surface area contributed by atoms with Crippen molar-refractivity contribution in [1.29, 1.82) is 0 Å². The minimum absolute atomic E-state index is 0.112. The molecule has 8 atom stereocenters. The number of hydrogen-bond acceptors (Lipinski definition) is 5. The summed E-state index contributed by atoms with van der Waals surface area (Å²) < 4.78 is 18.5. The van der Waals surface area contributed by atoms with Crippen LogP contribution in [-0.4, -0.2) is 42.7 Å². The van der Waals surface area contributed by atoms with E-state index < -0.39 is 0 Å². The van der Waals surface area contributed by atoms with Gasteiger partial charge in [-0.2, -0.15) is 0 Å². The highest BCUT2D eigenvalue weighted by Gasteiger charge is 2.66. The van der Waals surface area contributed by atoms with Gasteiger partial charge in [-0.05, 0) is 106 Å². The quantitative estimate of drug-likeness (QED) is 0.450. The van der Waals surface area contributed by atoms with Crippen LogP contribution in [0.5, 0.6) is 0 Å². The molecule has 5 heteroatoms. The summed E-state index contributed by atoms with van der Waals surface area (Å²) in [4.78, 5) is 0. The normalized spacial score (nSPS) is 43.8. The Labute approximate surface area is 205 Å². The van der Waals surface area contributed by atoms with Gasteiger partial charge < -0.3 is 24.1 Å². The number of aliphatic hydroxyl groups is 2. The summed E-state index contributed by atoms with van der Waals surface area (Å²) in [5, 5.41) is 18.5. The molecule has 4 aliphatic carbocycles. The van der Waals surface area contributed by atoms with E-state index in [1.165, 1.54) is 56.9 Å². The molecule has 1 aromatic heterocycles. The van der Waals surface area contributed by atoms with Gasteiger partial charge in [0.15, 0.2) is 0 Å². The first-order valence-electron chi connectivity index (χ1n) is 14.0. The number of ether oxygens (including phenoxy) is 2. The van der Waals surface area contributed by atoms with Crippen LogP contribution in [0.4, 0.5) is 0 Å². The van der Waals surface area contributed by atoms with Crippen LogP contribution >= 0.6 is 0 Å². The highest BCUT2D eigenvalue weighted by molar-refractivity contribution is 5.27. The third-order valence-electron chi connectivity index (χ3n) is 11.0. The zero-order valence-electron chi connectivity index (χ0n) is 21.3. The van der Waals surface area contributed by atoms with Gasteiger partial charge in [0.25, 0.3) is 0 Å². The van der Waals surface area contributed by atoms with Crippen molar-refractivity contribution < 1.29 is 24.1 Å². The highest BCUT2D eigenvalue weighted by Crippen LogP contribution is 2.71. The maximum absolute atomic E-state index is 9.40. The van der Waals surface area contributed by atoms with Crippen LogP contribution in [0.3, 0.4) is 0 Å². The fourth-order valence-corrected chi connectivity index (χ4v) is 9.28. The van der Waals surface area contributed by atoms with Crippen molar-refractivity contribution in [2.24, 2.45) is 34.5 Å². The zero-order valence-corrected chi connectivity index (χ0v) is 21.3. The van der Waals surface area contributed by atoms with Gasteiger partial charge >= 0.3 is 0 Å². The van der Waals surface area contributed by atoms with E-state index in [1.807, 2.05) is 6.26 Å². The maximum Gasteiger partial charge on any atom is 0.102 e. The van der Waals surface area contributed by atoms with E-state index >= 15 is 0 Å². The molecule has 192 valence electrons. The van der Waals surface area contributed by atoms with Crippen LogP contribution < -0.4 is 0 Å². The molecule has 3 unspecified atom stereocenters. The summed E-state index contributed by atoms with van der Waals surface area (Å²) in [6.45, 7) is 6.82. The van der Waals surface area contributed by atoms with Crippen molar-refractivity contribution in [3.63, 3.8) is 0 Å². The molecule has 0 aliphatic heterocycles. The average molecular weight is 475 g/mol. The minimum atomic E-state index is -0.291. The van der Waals surface area contributed by atoms with Gasteiger partial charge in [-0.1, -0.05) is 13.8 Å². The Kier molecular flexibility index (Phi) is 7.20. The molecule has 4 aliphatic rings. The van der Waals surface area contributed by atoms with E-state index in [4.69, 9.17) is 19.0 Å². The first kappa shape index (κ1) is 24.8. The molecular formula is C29H46O5. The topological polar surface area (TPSA) is 72.1 Å². The van der Waals surface area contributed by atoms with Crippen molar-refractivity contribution in [2.75, 3.05) is 26.4 Å². The largest absolute Gasteiger partial charge is 0.472 e. The smallest absolute Gasteiger partial charge is 0.102 e. The monoisotopic (exact) mass is 474 g/mol. The Bertz CT molecular complexity index is 794. The Balaban J connectivity index is 1.35. The molecule has 1 heterocycles. The Morgan fingerprint density at radius 1 is 0.941 bits per heavy atom. The highest BCUT2D eigenvalue weighted by atomic mass is 16.5. The van der Waals surface area contributed by atoms with Crippen molar-refractivity contribution in [1.82, 2.24) is 0 Å². The molecule has 4 saturated carbocycles. The van der Waals surface area contributed by atoms with Crippen LogP contribution in [0.15, 0.2) is 23.0 Å². The van der Waals surface area contributed by atoms with E-state index in [2.05, 4.69) is 19.9 Å². The van der Waals surface area contributed by atoms with Crippen LogP contribution in [0, 0.1) is 34.5 Å². The lowest BCUT2D eigenvalue weighted by molar-refractivity contribution is -0.184. The molecule has 0 aromatic carbocycles. The van der Waals surface area contributed by atoms with Crippen LogP contribution in [0.25, 0.3) is 0 Å². The van der Waals surface area contributed by atoms with Gasteiger partial charge in [0.2, 0.25) is 0 Å². The number of aliphatic hydroxyl groups excluding tert-OH is 2. The van der Waals surface area contributed by atoms with E-state index in [-0.39, 0.29) is 24.2 Å². The second kappa shape index (κ2) is 9.88. The number of hydrogen-bond donors (Lipinski definition) is 2. The Morgan fingerprint density at radius 3 is 2.50 bits per heavy atom. The van der Waals surface area contributed by atoms with Crippen LogP contribution in [-0.2, 0) is 15.1 Å². The van der Waals surface area contributed by atoms with Gasteiger partial charge in [-0.15, -0.1) is 0 Å². The molecule has 0 bridgehead atoms. The lowest BCUT2D eigenvalue weighted by atomic mass is 9.44. The SMILES string of the molecule is C[C@]12CCC(OCCCO)CC1CC[C@@H]1[C@H]2CC[C@@]2(C)[C@H]1CCC2(OCCCO)c1ccoc1. The molecule has 0 saturated heterocycles. The van der Waals surface area contributed by atoms with Gasteiger partial charge in [0.05, 0.1) is 18.6 Å². The number of furan rings is 1. The lowest BCUT2D eigenvalue weighted by Gasteiger charge is -2.62. The minimum Gasteiger partial charge on any atom is -0.472 e. The molecule has 0 radical (unpaired) electrons. The Morgan fingerprint density at radius 2 is 1.74 bits per heavy atom. The summed E-state index contributed by atoms with van der Waals surface area (Å²) in [5.74, 6) is 3.04. The molecule has 5 nitrogen and oxygen atoms in total. The predicted octanol–water partition coefficient (Wildman–Crippen LogP) is 5.68. The molecule has 2 N–H and O–H groups in total. The van der Waals surface area contributed by atoms with Crippen molar-refractivity contribution in [3.05, 3.63) is 24.2 Å². The van der Waals surface area contributed by atoms with E-state index in [0.717, 1.165) is 30.6 Å². The van der Waals surface area contributed by atoms with Gasteiger partial charge in [-0.25, -0.2) is 0 Å². The summed E-state index contributed by atoms with van der Waals surface area (Å²) >= 11 is 0. The van der Waals surface area contributed by atoms with Crippen molar-refractivity contribution >= 4 is 0 Å². The lowest BCUT2D eigenvalue weighted by Crippen LogP contribution is -2.56. The van der Waals surface area contributed by atoms with Gasteiger partial charge in [0, 0.05) is 37.4 Å². The fraction of sp³-hybridized carbons (Fsp3) is 0.862. The third-order valence-corrected chi connectivity index (χ3v) is 11.0. The standard InChI is InChI=1S/C29H46O5/c1-27-11-7-23(33-16-3-14-30)19-21(27)5-6-24-25(27)8-12-28(2)26(24)9-13-29(28,34-17-4-15-31)22-10-18-32-20-22/h10,18,20-21,23-26,30-31H,3-9,11-17,19H2,1-2H3/t21?,23?,24-,25-,26+,27+,28+,29?/m1/s1. The fourth-order valence-electron chi connectivity index (χ4n) is 9.28. The van der Waals surface area contributed by atoms with E-state index in [0.29, 0.717) is 37.1 Å². The predicted molar refractivity (Wildman–Crippen MR) is 131 cm³/mol. The summed E-state index contributed by atoms with van der Waals surface area (Å²) in [6.07, 6.45) is 16.7. The molecule has 0 spiro atoms. The van der Waals surface area contributed by atoms with E-state index in [9.17, 15) is 5.11 Å². The molecule has 0 amide bonds. The number of rotatable bonds is 9. The van der Waals surface area contributed by atoms with Gasteiger partial charge in [-0.3, -0.25) is 0 Å². The first-order valence-corrected chi connectivity index (χ1v) is 14.0. The molecular weight excluding hydrogens is 428 g/mol. The molecule has 5 rings (SSSR count). The van der Waals surface area contributed by atoms with Crippen molar-refractivity contribution in [2.45, 2.75) is 96.2 Å². The summed E-state index contributed by atoms with van der Waals surface area (Å²) in [5.41, 5.74) is 1.45. The molecule has 1 aromatic rings. The Hall–Kier alpha value is -0.880. The first-order chi connectivity index (χ1) is 16.5. The average Bonchev–Trinajstić information content (AvgIpc) is 3.47. The zero-order chi connectivity index (χ0) is 23.8. The third kappa shape index (κ3) is 3.90. The summed E-state index contributed by atoms with van der Waals surface area (Å²) in [6, 6.07) is 2.12. The number of fused-ring (bicyclic) bond motifs is 5. The summed E-state index contributed by atoms with van der Waals surface area (Å²) in [7, 11) is 0. The maximum atomic E-state index is 9.40. The van der Waals surface area contributed by atoms with Crippen LogP contribution in [0.2, 0.25) is 0 Å². The molecule has 34 heavy (non-hydrogen) atoms. The van der Waals surface area contributed by atoms with Gasteiger partial charge in [0.1, 0.15) is 5.60 Å².